The van der Waals surface area contributed by atoms with Gasteiger partial charge in [0, 0.05) is 23.7 Å². The van der Waals surface area contributed by atoms with Crippen LogP contribution in [0.1, 0.15) is 37.3 Å². The summed E-state index contributed by atoms with van der Waals surface area (Å²) >= 11 is 6.03. The van der Waals surface area contributed by atoms with Crippen LogP contribution in [0.15, 0.2) is 24.5 Å². The molecule has 1 heterocycles. The average Bonchev–Trinajstić information content (AvgIpc) is 2.85. The third-order valence-corrected chi connectivity index (χ3v) is 3.53. The average molecular weight is 285 g/mol. The fourth-order valence-corrected chi connectivity index (χ4v) is 2.45. The lowest BCUT2D eigenvalue weighted by atomic mass is 9.91. The summed E-state index contributed by atoms with van der Waals surface area (Å²) in [6.45, 7) is 4.73. The summed E-state index contributed by atoms with van der Waals surface area (Å²) in [7, 11) is 0. The maximum absolute atomic E-state index is 13.4. The van der Waals surface area contributed by atoms with Gasteiger partial charge in [-0.05, 0) is 36.6 Å². The Hall–Kier alpha value is -1.42. The van der Waals surface area contributed by atoms with Crippen LogP contribution in [-0.4, -0.2) is 9.78 Å². The van der Waals surface area contributed by atoms with Crippen molar-refractivity contribution in [3.63, 3.8) is 0 Å². The number of aryl methyl sites for hydroxylation is 1. The number of hydrogen-bond donors (Lipinski definition) is 0. The van der Waals surface area contributed by atoms with Crippen LogP contribution in [0.3, 0.4) is 0 Å². The van der Waals surface area contributed by atoms with Gasteiger partial charge in [0.25, 0.3) is 0 Å². The van der Waals surface area contributed by atoms with Crippen LogP contribution in [0, 0.1) is 11.6 Å². The van der Waals surface area contributed by atoms with E-state index in [2.05, 4.69) is 5.10 Å². The van der Waals surface area contributed by atoms with Gasteiger partial charge in [0.1, 0.15) is 0 Å². The molecule has 2 rings (SSSR count). The first kappa shape index (κ1) is 14.0. The van der Waals surface area contributed by atoms with E-state index in [9.17, 15) is 8.78 Å². The SMILES string of the molecule is CC[C@H](c1cnn(CC)c1)c1cc(F)c(F)cc1Cl. The molecule has 0 spiro atoms. The summed E-state index contributed by atoms with van der Waals surface area (Å²) in [5.74, 6) is -1.88. The first-order chi connectivity index (χ1) is 9.06. The summed E-state index contributed by atoms with van der Waals surface area (Å²) in [5.41, 5.74) is 1.55. The molecule has 1 atom stereocenters. The van der Waals surface area contributed by atoms with Gasteiger partial charge in [-0.15, -0.1) is 0 Å². The van der Waals surface area contributed by atoms with Gasteiger partial charge < -0.3 is 0 Å². The van der Waals surface area contributed by atoms with E-state index in [1.807, 2.05) is 20.0 Å². The Morgan fingerprint density at radius 2 is 1.95 bits per heavy atom. The van der Waals surface area contributed by atoms with Crippen molar-refractivity contribution in [3.8, 4) is 0 Å². The predicted octanol–water partition coefficient (Wildman–Crippen LogP) is 4.38. The van der Waals surface area contributed by atoms with E-state index < -0.39 is 11.6 Å². The van der Waals surface area contributed by atoms with E-state index in [-0.39, 0.29) is 10.9 Å². The van der Waals surface area contributed by atoms with Crippen LogP contribution in [-0.2, 0) is 6.54 Å². The summed E-state index contributed by atoms with van der Waals surface area (Å²) in [4.78, 5) is 0. The summed E-state index contributed by atoms with van der Waals surface area (Å²) in [5, 5.41) is 4.45. The topological polar surface area (TPSA) is 17.8 Å². The van der Waals surface area contributed by atoms with Crippen molar-refractivity contribution in [2.75, 3.05) is 0 Å². The third-order valence-electron chi connectivity index (χ3n) is 3.20. The molecule has 5 heteroatoms. The molecule has 0 radical (unpaired) electrons. The molecule has 0 unspecified atom stereocenters. The third kappa shape index (κ3) is 2.78. The van der Waals surface area contributed by atoms with E-state index in [1.54, 1.807) is 10.9 Å². The lowest BCUT2D eigenvalue weighted by Gasteiger charge is -2.15. The molecule has 2 aromatic rings. The molecule has 0 amide bonds. The number of rotatable bonds is 4. The largest absolute Gasteiger partial charge is 0.273 e. The molecule has 102 valence electrons. The first-order valence-electron chi connectivity index (χ1n) is 6.23. The lowest BCUT2D eigenvalue weighted by molar-refractivity contribution is 0.506. The normalized spacial score (nSPS) is 12.7. The zero-order valence-corrected chi connectivity index (χ0v) is 11.6. The molecular weight excluding hydrogens is 270 g/mol. The Morgan fingerprint density at radius 1 is 1.26 bits per heavy atom. The van der Waals surface area contributed by atoms with Gasteiger partial charge in [-0.3, -0.25) is 4.68 Å². The van der Waals surface area contributed by atoms with Crippen LogP contribution in [0.5, 0.6) is 0 Å². The van der Waals surface area contributed by atoms with Crippen LogP contribution in [0.2, 0.25) is 5.02 Å². The molecule has 0 saturated carbocycles. The molecule has 19 heavy (non-hydrogen) atoms. The molecule has 1 aromatic carbocycles. The second kappa shape index (κ2) is 5.70. The highest BCUT2D eigenvalue weighted by atomic mass is 35.5. The zero-order valence-electron chi connectivity index (χ0n) is 10.8. The minimum absolute atomic E-state index is 0.0806. The van der Waals surface area contributed by atoms with E-state index in [1.165, 1.54) is 6.07 Å². The van der Waals surface area contributed by atoms with E-state index >= 15 is 0 Å². The maximum atomic E-state index is 13.4. The minimum atomic E-state index is -0.923. The van der Waals surface area contributed by atoms with Crippen LogP contribution in [0.4, 0.5) is 8.78 Å². The highest BCUT2D eigenvalue weighted by molar-refractivity contribution is 6.31. The van der Waals surface area contributed by atoms with Crippen molar-refractivity contribution in [3.05, 3.63) is 52.3 Å². The molecule has 0 aliphatic carbocycles. The molecular formula is C14H15ClF2N2. The van der Waals surface area contributed by atoms with E-state index in [0.29, 0.717) is 5.56 Å². The Balaban J connectivity index is 2.44. The number of hydrogen-bond acceptors (Lipinski definition) is 1. The molecule has 0 aliphatic rings. The van der Waals surface area contributed by atoms with E-state index in [4.69, 9.17) is 11.6 Å². The van der Waals surface area contributed by atoms with Gasteiger partial charge in [0.15, 0.2) is 11.6 Å². The Kier molecular flexibility index (Phi) is 4.20. The van der Waals surface area contributed by atoms with Crippen molar-refractivity contribution in [2.24, 2.45) is 0 Å². The van der Waals surface area contributed by atoms with Gasteiger partial charge in [-0.25, -0.2) is 8.78 Å². The number of nitrogens with zero attached hydrogens (tertiary/aromatic N) is 2. The van der Waals surface area contributed by atoms with Crippen molar-refractivity contribution in [1.29, 1.82) is 0 Å². The zero-order chi connectivity index (χ0) is 14.0. The molecule has 0 N–H and O–H groups in total. The fourth-order valence-electron chi connectivity index (χ4n) is 2.17. The van der Waals surface area contributed by atoms with Crippen LogP contribution < -0.4 is 0 Å². The summed E-state index contributed by atoms with van der Waals surface area (Å²) in [6.07, 6.45) is 4.39. The monoisotopic (exact) mass is 284 g/mol. The van der Waals surface area contributed by atoms with Crippen molar-refractivity contribution in [1.82, 2.24) is 9.78 Å². The van der Waals surface area contributed by atoms with E-state index in [0.717, 1.165) is 24.6 Å². The molecule has 0 saturated heterocycles. The van der Waals surface area contributed by atoms with Gasteiger partial charge in [0.2, 0.25) is 0 Å². The van der Waals surface area contributed by atoms with Gasteiger partial charge >= 0.3 is 0 Å². The van der Waals surface area contributed by atoms with Crippen LogP contribution in [0.25, 0.3) is 0 Å². The quantitative estimate of drug-likeness (QED) is 0.762. The fraction of sp³-hybridized carbons (Fsp3) is 0.357. The van der Waals surface area contributed by atoms with Crippen LogP contribution >= 0.6 is 11.6 Å². The number of aromatic nitrogens is 2. The minimum Gasteiger partial charge on any atom is -0.273 e. The molecule has 0 fully saturated rings. The highest BCUT2D eigenvalue weighted by Gasteiger charge is 2.19. The van der Waals surface area contributed by atoms with Gasteiger partial charge in [-0.1, -0.05) is 18.5 Å². The molecule has 2 nitrogen and oxygen atoms in total. The highest BCUT2D eigenvalue weighted by Crippen LogP contribution is 2.33. The molecule has 0 bridgehead atoms. The smallest absolute Gasteiger partial charge is 0.160 e. The summed E-state index contributed by atoms with van der Waals surface area (Å²) < 4.78 is 28.3. The predicted molar refractivity (Wildman–Crippen MR) is 71.4 cm³/mol. The number of halogens is 3. The Morgan fingerprint density at radius 3 is 2.53 bits per heavy atom. The maximum Gasteiger partial charge on any atom is 0.160 e. The second-order valence-corrected chi connectivity index (χ2v) is 4.79. The first-order valence-corrected chi connectivity index (χ1v) is 6.61. The van der Waals surface area contributed by atoms with Crippen molar-refractivity contribution < 1.29 is 8.78 Å². The molecule has 0 aliphatic heterocycles. The van der Waals surface area contributed by atoms with Crippen molar-refractivity contribution >= 4 is 11.6 Å². The lowest BCUT2D eigenvalue weighted by Crippen LogP contribution is -2.02. The van der Waals surface area contributed by atoms with Crippen molar-refractivity contribution in [2.45, 2.75) is 32.7 Å². The Bertz CT molecular complexity index is 581. The number of benzene rings is 1. The Labute approximate surface area is 116 Å². The van der Waals surface area contributed by atoms with Gasteiger partial charge in [0.05, 0.1) is 6.20 Å². The standard InChI is InChI=1S/C14H15ClF2N2/c1-3-10(9-7-18-19(4-2)8-9)11-5-13(16)14(17)6-12(11)15/h5-8,10H,3-4H2,1-2H3/t10-/m1/s1. The second-order valence-electron chi connectivity index (χ2n) is 4.38. The summed E-state index contributed by atoms with van der Waals surface area (Å²) in [6, 6.07) is 2.20. The van der Waals surface area contributed by atoms with Gasteiger partial charge in [-0.2, -0.15) is 5.10 Å². The molecule has 1 aromatic heterocycles.